The van der Waals surface area contributed by atoms with Crippen LogP contribution in [0.3, 0.4) is 0 Å². The van der Waals surface area contributed by atoms with Crippen LogP contribution in [-0.4, -0.2) is 34.2 Å². The molecule has 0 saturated heterocycles. The number of ether oxygens (including phenoxy) is 2. The van der Waals surface area contributed by atoms with Crippen LogP contribution in [0, 0.1) is 12.7 Å². The summed E-state index contributed by atoms with van der Waals surface area (Å²) in [4.78, 5) is 28.1. The predicted octanol–water partition coefficient (Wildman–Crippen LogP) is 2.61. The van der Waals surface area contributed by atoms with E-state index >= 15 is 0 Å². The molecule has 1 aromatic carbocycles. The Morgan fingerprint density at radius 2 is 1.96 bits per heavy atom. The first-order chi connectivity index (χ1) is 10.6. The van der Waals surface area contributed by atoms with E-state index in [1.54, 1.807) is 27.7 Å². The van der Waals surface area contributed by atoms with Crippen LogP contribution in [0.25, 0.3) is 11.0 Å². The van der Waals surface area contributed by atoms with Crippen LogP contribution in [0.4, 0.5) is 4.39 Å². The number of methoxy groups -OCH3 is 1. The Kier molecular flexibility index (Phi) is 4.40. The van der Waals surface area contributed by atoms with Gasteiger partial charge in [0.25, 0.3) is 0 Å². The fraction of sp³-hybridized carbons (Fsp3) is 0.438. The molecule has 0 atom stereocenters. The minimum atomic E-state index is -0.684. The quantitative estimate of drug-likeness (QED) is 0.812. The molecule has 0 N–H and O–H groups in total. The number of hydrogen-bond donors (Lipinski definition) is 0. The molecule has 1 heterocycles. The van der Waals surface area contributed by atoms with Crippen molar-refractivity contribution < 1.29 is 23.5 Å². The Hall–Kier alpha value is -2.44. The number of benzene rings is 1. The molecule has 0 amide bonds. The molecule has 124 valence electrons. The molecule has 0 aliphatic rings. The molecule has 0 aliphatic carbocycles. The summed E-state index contributed by atoms with van der Waals surface area (Å²) in [5.74, 6) is -1.29. The lowest BCUT2D eigenvalue weighted by molar-refractivity contribution is -0.155. The van der Waals surface area contributed by atoms with Gasteiger partial charge in [-0.05, 0) is 39.8 Å². The fourth-order valence-corrected chi connectivity index (χ4v) is 2.27. The molecule has 2 aromatic rings. The number of aryl methyl sites for hydroxylation is 1. The molecule has 23 heavy (non-hydrogen) atoms. The van der Waals surface area contributed by atoms with E-state index < -0.39 is 23.4 Å². The SMILES string of the molecule is COC(=O)c1cc(F)cc2c1nc(C)n2CC(=O)OC(C)(C)C. The summed E-state index contributed by atoms with van der Waals surface area (Å²) in [6.07, 6.45) is 0. The molecule has 0 fully saturated rings. The summed E-state index contributed by atoms with van der Waals surface area (Å²) in [5, 5.41) is 0. The molecule has 7 heteroatoms. The monoisotopic (exact) mass is 322 g/mol. The van der Waals surface area contributed by atoms with Crippen LogP contribution in [0.1, 0.15) is 37.0 Å². The molecule has 2 rings (SSSR count). The van der Waals surface area contributed by atoms with E-state index in [1.807, 2.05) is 0 Å². The fourth-order valence-electron chi connectivity index (χ4n) is 2.27. The van der Waals surface area contributed by atoms with Gasteiger partial charge in [0, 0.05) is 0 Å². The van der Waals surface area contributed by atoms with Crippen molar-refractivity contribution in [2.24, 2.45) is 0 Å². The lowest BCUT2D eigenvalue weighted by Crippen LogP contribution is -2.26. The number of halogens is 1. The van der Waals surface area contributed by atoms with Gasteiger partial charge in [-0.15, -0.1) is 0 Å². The highest BCUT2D eigenvalue weighted by Gasteiger charge is 2.22. The molecular weight excluding hydrogens is 303 g/mol. The predicted molar refractivity (Wildman–Crippen MR) is 81.6 cm³/mol. The smallest absolute Gasteiger partial charge is 0.340 e. The summed E-state index contributed by atoms with van der Waals surface area (Å²) in [6, 6.07) is 2.30. The molecule has 6 nitrogen and oxygen atoms in total. The van der Waals surface area contributed by atoms with Gasteiger partial charge in [-0.3, -0.25) is 4.79 Å². The maximum absolute atomic E-state index is 13.8. The third-order valence-corrected chi connectivity index (χ3v) is 3.12. The number of hydrogen-bond acceptors (Lipinski definition) is 5. The molecular formula is C16H19FN2O4. The summed E-state index contributed by atoms with van der Waals surface area (Å²) < 4.78 is 25.3. The normalized spacial score (nSPS) is 11.6. The highest BCUT2D eigenvalue weighted by atomic mass is 19.1. The first-order valence-electron chi connectivity index (χ1n) is 7.09. The van der Waals surface area contributed by atoms with Gasteiger partial charge in [0.15, 0.2) is 0 Å². The van der Waals surface area contributed by atoms with Crippen LogP contribution in [0.5, 0.6) is 0 Å². The lowest BCUT2D eigenvalue weighted by Gasteiger charge is -2.20. The van der Waals surface area contributed by atoms with Crippen molar-refractivity contribution in [3.05, 3.63) is 29.3 Å². The average Bonchev–Trinajstić information content (AvgIpc) is 2.72. The van der Waals surface area contributed by atoms with E-state index in [1.165, 1.54) is 17.7 Å². The van der Waals surface area contributed by atoms with Gasteiger partial charge in [-0.25, -0.2) is 14.2 Å². The minimum absolute atomic E-state index is 0.0218. The number of carbonyl (C=O) groups is 2. The van der Waals surface area contributed by atoms with E-state index in [0.29, 0.717) is 16.9 Å². The highest BCUT2D eigenvalue weighted by Crippen LogP contribution is 2.23. The summed E-state index contributed by atoms with van der Waals surface area (Å²) >= 11 is 0. The van der Waals surface area contributed by atoms with Crippen molar-refractivity contribution in [1.29, 1.82) is 0 Å². The number of imidazole rings is 1. The second kappa shape index (κ2) is 5.98. The molecule has 1 aromatic heterocycles. The Bertz CT molecular complexity index is 774. The molecule has 0 aliphatic heterocycles. The van der Waals surface area contributed by atoms with Gasteiger partial charge in [0.1, 0.15) is 29.3 Å². The zero-order valence-electron chi connectivity index (χ0n) is 13.8. The van der Waals surface area contributed by atoms with E-state index in [9.17, 15) is 14.0 Å². The van der Waals surface area contributed by atoms with Gasteiger partial charge in [0.05, 0.1) is 18.2 Å². The topological polar surface area (TPSA) is 70.4 Å². The number of rotatable bonds is 3. The summed E-state index contributed by atoms with van der Waals surface area (Å²) in [5.41, 5.74) is 0.0330. The Balaban J connectivity index is 2.49. The molecule has 0 spiro atoms. The van der Waals surface area contributed by atoms with Gasteiger partial charge in [0.2, 0.25) is 0 Å². The minimum Gasteiger partial charge on any atom is -0.465 e. The largest absolute Gasteiger partial charge is 0.465 e. The van der Waals surface area contributed by atoms with Crippen molar-refractivity contribution in [2.75, 3.05) is 7.11 Å². The van der Waals surface area contributed by atoms with Gasteiger partial charge in [-0.1, -0.05) is 0 Å². The van der Waals surface area contributed by atoms with Gasteiger partial charge >= 0.3 is 11.9 Å². The van der Waals surface area contributed by atoms with Crippen LogP contribution < -0.4 is 0 Å². The van der Waals surface area contributed by atoms with Crippen molar-refractivity contribution in [3.8, 4) is 0 Å². The zero-order chi connectivity index (χ0) is 17.4. The second-order valence-electron chi connectivity index (χ2n) is 6.14. The van der Waals surface area contributed by atoms with E-state index in [2.05, 4.69) is 9.72 Å². The number of aromatic nitrogens is 2. The first kappa shape index (κ1) is 16.9. The first-order valence-corrected chi connectivity index (χ1v) is 7.09. The number of fused-ring (bicyclic) bond motifs is 1. The van der Waals surface area contributed by atoms with Gasteiger partial charge < -0.3 is 14.0 Å². The van der Waals surface area contributed by atoms with E-state index in [-0.39, 0.29) is 12.1 Å². The zero-order valence-corrected chi connectivity index (χ0v) is 13.8. The van der Waals surface area contributed by atoms with Crippen LogP contribution >= 0.6 is 0 Å². The standard InChI is InChI=1S/C16H19FN2O4/c1-9-18-14-11(15(21)22-5)6-10(17)7-12(14)19(9)8-13(20)23-16(2,3)4/h6-7H,8H2,1-5H3. The second-order valence-corrected chi connectivity index (χ2v) is 6.14. The van der Waals surface area contributed by atoms with Crippen molar-refractivity contribution in [2.45, 2.75) is 39.8 Å². The summed E-state index contributed by atoms with van der Waals surface area (Å²) in [7, 11) is 1.21. The van der Waals surface area contributed by atoms with Crippen molar-refractivity contribution in [1.82, 2.24) is 9.55 Å². The lowest BCUT2D eigenvalue weighted by atomic mass is 10.2. The maximum atomic E-state index is 13.8. The highest BCUT2D eigenvalue weighted by molar-refractivity contribution is 6.02. The van der Waals surface area contributed by atoms with E-state index in [4.69, 9.17) is 4.74 Å². The number of esters is 2. The van der Waals surface area contributed by atoms with Crippen molar-refractivity contribution >= 4 is 23.0 Å². The third-order valence-electron chi connectivity index (χ3n) is 3.12. The molecule has 0 bridgehead atoms. The Morgan fingerprint density at radius 1 is 1.30 bits per heavy atom. The van der Waals surface area contributed by atoms with Crippen LogP contribution in [0.15, 0.2) is 12.1 Å². The van der Waals surface area contributed by atoms with Crippen LogP contribution in [-0.2, 0) is 20.8 Å². The number of carbonyl (C=O) groups excluding carboxylic acids is 2. The molecule has 0 unspecified atom stereocenters. The molecule has 0 saturated carbocycles. The van der Waals surface area contributed by atoms with Crippen molar-refractivity contribution in [3.63, 3.8) is 0 Å². The summed E-state index contributed by atoms with van der Waals surface area (Å²) in [6.45, 7) is 6.84. The van der Waals surface area contributed by atoms with Crippen LogP contribution in [0.2, 0.25) is 0 Å². The Morgan fingerprint density at radius 3 is 2.52 bits per heavy atom. The third kappa shape index (κ3) is 3.67. The maximum Gasteiger partial charge on any atom is 0.340 e. The molecule has 0 radical (unpaired) electrons. The Labute approximate surface area is 133 Å². The number of nitrogens with zero attached hydrogens (tertiary/aromatic N) is 2. The van der Waals surface area contributed by atoms with E-state index in [0.717, 1.165) is 6.07 Å². The average molecular weight is 322 g/mol. The van der Waals surface area contributed by atoms with Gasteiger partial charge in [-0.2, -0.15) is 0 Å².